The zero-order valence-corrected chi connectivity index (χ0v) is 9.40. The third kappa shape index (κ3) is 4.44. The highest BCUT2D eigenvalue weighted by Crippen LogP contribution is 2.23. The number of ether oxygens (including phenoxy) is 1. The molecule has 0 saturated carbocycles. The monoisotopic (exact) mass is 261 g/mol. The molecule has 18 heavy (non-hydrogen) atoms. The second kappa shape index (κ2) is 5.52. The minimum absolute atomic E-state index is 0.0144. The first-order chi connectivity index (χ1) is 8.31. The molecule has 0 unspecified atom stereocenters. The number of nitro groups is 1. The summed E-state index contributed by atoms with van der Waals surface area (Å²) in [5, 5.41) is 10.6. The van der Waals surface area contributed by atoms with Gasteiger partial charge in [-0.15, -0.1) is 13.2 Å². The van der Waals surface area contributed by atoms with Gasteiger partial charge in [0.05, 0.1) is 4.92 Å². The molecule has 0 aliphatic heterocycles. The van der Waals surface area contributed by atoms with E-state index in [-0.39, 0.29) is 17.9 Å². The Morgan fingerprint density at radius 3 is 2.33 bits per heavy atom. The van der Waals surface area contributed by atoms with Crippen LogP contribution in [0.25, 0.3) is 6.08 Å². The summed E-state index contributed by atoms with van der Waals surface area (Å²) in [4.78, 5) is 10.0. The lowest BCUT2D eigenvalue weighted by atomic mass is 10.1. The van der Waals surface area contributed by atoms with Crippen LogP contribution in [0, 0.1) is 10.1 Å². The van der Waals surface area contributed by atoms with E-state index >= 15 is 0 Å². The number of nitrogens with zero attached hydrogens (tertiary/aromatic N) is 1. The van der Waals surface area contributed by atoms with E-state index in [4.69, 9.17) is 0 Å². The van der Waals surface area contributed by atoms with Crippen LogP contribution < -0.4 is 4.74 Å². The largest absolute Gasteiger partial charge is 0.573 e. The van der Waals surface area contributed by atoms with Crippen LogP contribution in [0.3, 0.4) is 0 Å². The van der Waals surface area contributed by atoms with E-state index in [1.807, 2.05) is 0 Å². The molecular formula is C11H10F3NO3. The molecule has 1 aromatic rings. The first-order valence-corrected chi connectivity index (χ1v) is 5.02. The van der Waals surface area contributed by atoms with Gasteiger partial charge in [0, 0.05) is 12.5 Å². The molecule has 0 aromatic heterocycles. The van der Waals surface area contributed by atoms with E-state index in [0.717, 1.165) is 12.1 Å². The number of halogens is 3. The minimum atomic E-state index is -4.74. The Hall–Kier alpha value is -2.05. The maximum Gasteiger partial charge on any atom is 0.573 e. The lowest BCUT2D eigenvalue weighted by Gasteiger charge is -2.08. The maximum absolute atomic E-state index is 11.9. The first-order valence-electron chi connectivity index (χ1n) is 5.02. The number of hydrogen-bond donors (Lipinski definition) is 0. The van der Waals surface area contributed by atoms with Gasteiger partial charge in [-0.25, -0.2) is 0 Å². The van der Waals surface area contributed by atoms with Gasteiger partial charge in [0.15, 0.2) is 0 Å². The van der Waals surface area contributed by atoms with E-state index in [1.54, 1.807) is 6.92 Å². The molecule has 0 heterocycles. The van der Waals surface area contributed by atoms with E-state index < -0.39 is 11.3 Å². The maximum atomic E-state index is 11.9. The smallest absolute Gasteiger partial charge is 0.406 e. The number of allylic oxidation sites excluding steroid dienone is 1. The molecule has 0 amide bonds. The normalized spacial score (nSPS) is 12.3. The Morgan fingerprint density at radius 1 is 1.39 bits per heavy atom. The minimum Gasteiger partial charge on any atom is -0.406 e. The van der Waals surface area contributed by atoms with Gasteiger partial charge in [0.25, 0.3) is 0 Å². The second-order valence-corrected chi connectivity index (χ2v) is 3.36. The van der Waals surface area contributed by atoms with Crippen LogP contribution in [-0.4, -0.2) is 11.3 Å². The second-order valence-electron chi connectivity index (χ2n) is 3.36. The summed E-state index contributed by atoms with van der Waals surface area (Å²) in [5.74, 6) is -0.362. The van der Waals surface area contributed by atoms with Crippen LogP contribution in [0.2, 0.25) is 0 Å². The quantitative estimate of drug-likeness (QED) is 0.614. The molecule has 0 aliphatic rings. The SMILES string of the molecule is CC/C(=C\c1ccc(OC(F)(F)F)cc1)[N+](=O)[O-]. The van der Waals surface area contributed by atoms with Gasteiger partial charge in [-0.3, -0.25) is 10.1 Å². The van der Waals surface area contributed by atoms with Gasteiger partial charge < -0.3 is 4.74 Å². The highest BCUT2D eigenvalue weighted by atomic mass is 19.4. The standard InChI is InChI=1S/C11H10F3NO3/c1-2-9(15(16)17)7-8-3-5-10(6-4-8)18-11(12,13)14/h3-7H,2H2,1H3/b9-7+. The molecule has 98 valence electrons. The van der Waals surface area contributed by atoms with Gasteiger partial charge in [0.2, 0.25) is 5.70 Å². The van der Waals surface area contributed by atoms with Crippen molar-refractivity contribution < 1.29 is 22.8 Å². The molecule has 0 saturated heterocycles. The fourth-order valence-electron chi connectivity index (χ4n) is 1.24. The van der Waals surface area contributed by atoms with E-state index in [0.29, 0.717) is 5.56 Å². The van der Waals surface area contributed by atoms with Crippen LogP contribution in [0.4, 0.5) is 13.2 Å². The molecule has 0 N–H and O–H groups in total. The number of rotatable bonds is 4. The highest BCUT2D eigenvalue weighted by molar-refractivity contribution is 5.52. The van der Waals surface area contributed by atoms with E-state index in [1.165, 1.54) is 18.2 Å². The third-order valence-corrected chi connectivity index (χ3v) is 2.04. The van der Waals surface area contributed by atoms with Crippen LogP contribution in [0.1, 0.15) is 18.9 Å². The average Bonchev–Trinajstić information content (AvgIpc) is 2.25. The van der Waals surface area contributed by atoms with Crippen LogP contribution in [-0.2, 0) is 0 Å². The van der Waals surface area contributed by atoms with Gasteiger partial charge >= 0.3 is 6.36 Å². The van der Waals surface area contributed by atoms with Crippen molar-refractivity contribution in [1.29, 1.82) is 0 Å². The van der Waals surface area contributed by atoms with Crippen molar-refractivity contribution in [3.8, 4) is 5.75 Å². The van der Waals surface area contributed by atoms with Gasteiger partial charge in [0.1, 0.15) is 5.75 Å². The number of hydrogen-bond acceptors (Lipinski definition) is 3. The van der Waals surface area contributed by atoms with Crippen LogP contribution in [0.15, 0.2) is 30.0 Å². The molecule has 0 bridgehead atoms. The molecule has 1 aromatic carbocycles. The van der Waals surface area contributed by atoms with E-state index in [9.17, 15) is 23.3 Å². The Labute approximate surface area is 101 Å². The molecule has 0 spiro atoms. The van der Waals surface area contributed by atoms with Gasteiger partial charge in [-0.2, -0.15) is 0 Å². The Kier molecular flexibility index (Phi) is 4.30. The average molecular weight is 261 g/mol. The first kappa shape index (κ1) is 14.0. The van der Waals surface area contributed by atoms with Crippen molar-refractivity contribution >= 4 is 6.08 Å². The summed E-state index contributed by atoms with van der Waals surface area (Å²) >= 11 is 0. The predicted molar refractivity (Wildman–Crippen MR) is 58.4 cm³/mol. The molecule has 0 fully saturated rings. The lowest BCUT2D eigenvalue weighted by Crippen LogP contribution is -2.16. The van der Waals surface area contributed by atoms with Crippen LogP contribution >= 0.6 is 0 Å². The van der Waals surface area contributed by atoms with Crippen molar-refractivity contribution in [2.24, 2.45) is 0 Å². The summed E-state index contributed by atoms with van der Waals surface area (Å²) < 4.78 is 39.3. The molecule has 0 radical (unpaired) electrons. The lowest BCUT2D eigenvalue weighted by molar-refractivity contribution is -0.425. The van der Waals surface area contributed by atoms with Crippen molar-refractivity contribution in [3.05, 3.63) is 45.6 Å². The van der Waals surface area contributed by atoms with Gasteiger partial charge in [-0.05, 0) is 17.7 Å². The Morgan fingerprint density at radius 2 is 1.94 bits per heavy atom. The van der Waals surface area contributed by atoms with Crippen molar-refractivity contribution in [2.75, 3.05) is 0 Å². The summed E-state index contributed by atoms with van der Waals surface area (Å²) in [6.45, 7) is 1.62. The summed E-state index contributed by atoms with van der Waals surface area (Å²) in [7, 11) is 0. The van der Waals surface area contributed by atoms with Crippen LogP contribution in [0.5, 0.6) is 5.75 Å². The van der Waals surface area contributed by atoms with Crippen molar-refractivity contribution in [1.82, 2.24) is 0 Å². The Balaban J connectivity index is 2.86. The predicted octanol–water partition coefficient (Wildman–Crippen LogP) is 3.61. The summed E-state index contributed by atoms with van der Waals surface area (Å²) in [5.41, 5.74) is 0.428. The topological polar surface area (TPSA) is 52.4 Å². The van der Waals surface area contributed by atoms with Crippen molar-refractivity contribution in [2.45, 2.75) is 19.7 Å². The molecular weight excluding hydrogens is 251 g/mol. The summed E-state index contributed by atoms with van der Waals surface area (Å²) in [6, 6.07) is 4.85. The zero-order chi connectivity index (χ0) is 13.8. The molecule has 0 aliphatic carbocycles. The number of alkyl halides is 3. The van der Waals surface area contributed by atoms with E-state index in [2.05, 4.69) is 4.74 Å². The third-order valence-electron chi connectivity index (χ3n) is 2.04. The number of benzene rings is 1. The zero-order valence-electron chi connectivity index (χ0n) is 9.40. The molecule has 7 heteroatoms. The van der Waals surface area contributed by atoms with Crippen molar-refractivity contribution in [3.63, 3.8) is 0 Å². The summed E-state index contributed by atoms with van der Waals surface area (Å²) in [6.07, 6.45) is -3.21. The Bertz CT molecular complexity index is 452. The molecule has 0 atom stereocenters. The molecule has 1 rings (SSSR count). The highest BCUT2D eigenvalue weighted by Gasteiger charge is 2.30. The van der Waals surface area contributed by atoms with Gasteiger partial charge in [-0.1, -0.05) is 19.1 Å². The molecule has 4 nitrogen and oxygen atoms in total. The fourth-order valence-corrected chi connectivity index (χ4v) is 1.24. The fraction of sp³-hybridized carbons (Fsp3) is 0.273.